The van der Waals surface area contributed by atoms with Gasteiger partial charge >= 0.3 is 0 Å². The van der Waals surface area contributed by atoms with Crippen LogP contribution in [-0.4, -0.2) is 23.4 Å². The minimum Gasteiger partial charge on any atom is -0.396 e. The molecule has 1 unspecified atom stereocenters. The number of aliphatic hydroxyl groups excluding tert-OH is 1. The first kappa shape index (κ1) is 9.92. The van der Waals surface area contributed by atoms with Gasteiger partial charge in [-0.15, -0.1) is 0 Å². The summed E-state index contributed by atoms with van der Waals surface area (Å²) in [6.07, 6.45) is 0.877. The lowest BCUT2D eigenvalue weighted by Gasteiger charge is -2.24. The minimum absolute atomic E-state index is 0.0887. The molecule has 0 aliphatic rings. The van der Waals surface area contributed by atoms with E-state index in [1.165, 1.54) is 0 Å². The summed E-state index contributed by atoms with van der Waals surface area (Å²) in [6.45, 7) is 8.22. The van der Waals surface area contributed by atoms with Crippen molar-refractivity contribution in [3.63, 3.8) is 0 Å². The molecule has 0 aliphatic carbocycles. The topological polar surface area (TPSA) is 29.5 Å². The van der Waals surface area contributed by atoms with Gasteiger partial charge in [0.1, 0.15) is 0 Å². The molecule has 0 aromatic carbocycles. The molecule has 0 amide bonds. The Balaban J connectivity index is 3.47. The van der Waals surface area contributed by atoms with Gasteiger partial charge in [0.15, 0.2) is 0 Å². The third kappa shape index (κ3) is 6.05. The monoisotopic (exact) mass is 146 g/mol. The summed E-state index contributed by atoms with van der Waals surface area (Å²) in [6, 6.07) is 0. The van der Waals surface area contributed by atoms with Crippen LogP contribution in [0.2, 0.25) is 0 Å². The van der Waals surface area contributed by atoms with E-state index in [9.17, 15) is 0 Å². The van der Waals surface area contributed by atoms with Crippen LogP contribution in [0.1, 0.15) is 34.1 Å². The molecule has 0 aromatic heterocycles. The molecule has 62 valence electrons. The van der Waals surface area contributed by atoms with Crippen molar-refractivity contribution in [2.24, 2.45) is 0 Å². The summed E-state index contributed by atoms with van der Waals surface area (Å²) in [5, 5.41) is 8.55. The average Bonchev–Trinajstić information content (AvgIpc) is 1.59. The molecule has 0 heterocycles. The van der Waals surface area contributed by atoms with Gasteiger partial charge in [0.05, 0.1) is 11.7 Å². The second-order valence-electron chi connectivity index (χ2n) is 3.55. The Hall–Kier alpha value is -0.0800. The Morgan fingerprint density at radius 3 is 2.20 bits per heavy atom. The molecule has 0 spiro atoms. The SMILES string of the molecule is CC(CCO)OC(C)(C)C. The summed E-state index contributed by atoms with van der Waals surface area (Å²) in [7, 11) is 0. The van der Waals surface area contributed by atoms with E-state index in [-0.39, 0.29) is 18.3 Å². The highest BCUT2D eigenvalue weighted by Gasteiger charge is 2.13. The molecule has 0 saturated carbocycles. The van der Waals surface area contributed by atoms with E-state index >= 15 is 0 Å². The first-order chi connectivity index (χ1) is 4.45. The van der Waals surface area contributed by atoms with Crippen LogP contribution >= 0.6 is 0 Å². The zero-order valence-corrected chi connectivity index (χ0v) is 7.35. The van der Waals surface area contributed by atoms with Gasteiger partial charge in [-0.2, -0.15) is 0 Å². The van der Waals surface area contributed by atoms with Crippen molar-refractivity contribution in [1.82, 2.24) is 0 Å². The van der Waals surface area contributed by atoms with Crippen molar-refractivity contribution in [2.75, 3.05) is 6.61 Å². The molecule has 1 atom stereocenters. The predicted octanol–water partition coefficient (Wildman–Crippen LogP) is 1.57. The first-order valence-electron chi connectivity index (χ1n) is 3.74. The molecule has 0 fully saturated rings. The van der Waals surface area contributed by atoms with Gasteiger partial charge < -0.3 is 9.84 Å². The summed E-state index contributed by atoms with van der Waals surface area (Å²) in [5.41, 5.74) is -0.0887. The Bertz CT molecular complexity index is 83.7. The number of hydrogen-bond donors (Lipinski definition) is 1. The highest BCUT2D eigenvalue weighted by Crippen LogP contribution is 2.11. The largest absolute Gasteiger partial charge is 0.396 e. The van der Waals surface area contributed by atoms with Gasteiger partial charge in [0.2, 0.25) is 0 Å². The molecule has 2 heteroatoms. The third-order valence-corrected chi connectivity index (χ3v) is 1.09. The van der Waals surface area contributed by atoms with Crippen molar-refractivity contribution < 1.29 is 9.84 Å². The lowest BCUT2D eigenvalue weighted by Crippen LogP contribution is -2.25. The number of ether oxygens (including phenoxy) is 1. The predicted molar refractivity (Wildman–Crippen MR) is 42.0 cm³/mol. The van der Waals surface area contributed by atoms with E-state index in [2.05, 4.69) is 0 Å². The second-order valence-corrected chi connectivity index (χ2v) is 3.55. The Morgan fingerprint density at radius 2 is 1.90 bits per heavy atom. The molecule has 0 rings (SSSR count). The highest BCUT2D eigenvalue weighted by atomic mass is 16.5. The number of rotatable bonds is 3. The van der Waals surface area contributed by atoms with Crippen molar-refractivity contribution in [2.45, 2.75) is 45.8 Å². The number of hydrogen-bond acceptors (Lipinski definition) is 2. The Morgan fingerprint density at radius 1 is 1.40 bits per heavy atom. The van der Waals surface area contributed by atoms with Crippen LogP contribution in [0.25, 0.3) is 0 Å². The van der Waals surface area contributed by atoms with Crippen LogP contribution in [-0.2, 0) is 4.74 Å². The van der Waals surface area contributed by atoms with Crippen molar-refractivity contribution >= 4 is 0 Å². The zero-order chi connectivity index (χ0) is 8.20. The second kappa shape index (κ2) is 3.94. The Labute approximate surface area is 63.2 Å². The van der Waals surface area contributed by atoms with Gasteiger partial charge in [-0.05, 0) is 34.1 Å². The fourth-order valence-corrected chi connectivity index (χ4v) is 0.844. The molecule has 1 N–H and O–H groups in total. The fourth-order valence-electron chi connectivity index (χ4n) is 0.844. The molecule has 0 bridgehead atoms. The van der Waals surface area contributed by atoms with E-state index in [1.807, 2.05) is 27.7 Å². The van der Waals surface area contributed by atoms with E-state index in [0.29, 0.717) is 0 Å². The normalized spacial score (nSPS) is 15.3. The lowest BCUT2D eigenvalue weighted by molar-refractivity contribution is -0.0587. The van der Waals surface area contributed by atoms with E-state index in [1.54, 1.807) is 0 Å². The van der Waals surface area contributed by atoms with Crippen LogP contribution in [0.3, 0.4) is 0 Å². The first-order valence-corrected chi connectivity index (χ1v) is 3.74. The van der Waals surface area contributed by atoms with Crippen molar-refractivity contribution in [3.8, 4) is 0 Å². The smallest absolute Gasteiger partial charge is 0.0602 e. The molecule has 0 radical (unpaired) electrons. The van der Waals surface area contributed by atoms with Crippen LogP contribution in [0.4, 0.5) is 0 Å². The maximum absolute atomic E-state index is 8.55. The molecular weight excluding hydrogens is 128 g/mol. The molecule has 10 heavy (non-hydrogen) atoms. The van der Waals surface area contributed by atoms with E-state index < -0.39 is 0 Å². The van der Waals surface area contributed by atoms with Crippen molar-refractivity contribution in [1.29, 1.82) is 0 Å². The fraction of sp³-hybridized carbons (Fsp3) is 1.00. The molecule has 0 saturated heterocycles. The number of aliphatic hydroxyl groups is 1. The summed E-state index contributed by atoms with van der Waals surface area (Å²) in [5.74, 6) is 0. The Kier molecular flexibility index (Phi) is 3.91. The minimum atomic E-state index is -0.0887. The zero-order valence-electron chi connectivity index (χ0n) is 7.35. The van der Waals surface area contributed by atoms with Gasteiger partial charge in [0.25, 0.3) is 0 Å². The summed E-state index contributed by atoms with van der Waals surface area (Å²) >= 11 is 0. The summed E-state index contributed by atoms with van der Waals surface area (Å²) < 4.78 is 5.52. The van der Waals surface area contributed by atoms with Crippen molar-refractivity contribution in [3.05, 3.63) is 0 Å². The van der Waals surface area contributed by atoms with Crippen LogP contribution in [0.5, 0.6) is 0 Å². The van der Waals surface area contributed by atoms with Crippen LogP contribution in [0, 0.1) is 0 Å². The summed E-state index contributed by atoms with van der Waals surface area (Å²) in [4.78, 5) is 0. The van der Waals surface area contributed by atoms with Gasteiger partial charge in [-0.1, -0.05) is 0 Å². The molecule has 0 aromatic rings. The van der Waals surface area contributed by atoms with E-state index in [0.717, 1.165) is 6.42 Å². The standard InChI is InChI=1S/C8H18O2/c1-7(5-6-9)10-8(2,3)4/h7,9H,5-6H2,1-4H3. The molecule has 0 aliphatic heterocycles. The van der Waals surface area contributed by atoms with Crippen LogP contribution < -0.4 is 0 Å². The van der Waals surface area contributed by atoms with E-state index in [4.69, 9.17) is 9.84 Å². The van der Waals surface area contributed by atoms with Gasteiger partial charge in [-0.25, -0.2) is 0 Å². The third-order valence-electron chi connectivity index (χ3n) is 1.09. The highest BCUT2D eigenvalue weighted by molar-refractivity contribution is 4.62. The quantitative estimate of drug-likeness (QED) is 0.655. The van der Waals surface area contributed by atoms with Gasteiger partial charge in [0, 0.05) is 6.61 Å². The van der Waals surface area contributed by atoms with Gasteiger partial charge in [-0.3, -0.25) is 0 Å². The molecule has 2 nitrogen and oxygen atoms in total. The molecular formula is C8H18O2. The maximum atomic E-state index is 8.55. The lowest BCUT2D eigenvalue weighted by atomic mass is 10.2. The average molecular weight is 146 g/mol. The van der Waals surface area contributed by atoms with Crippen LogP contribution in [0.15, 0.2) is 0 Å². The maximum Gasteiger partial charge on any atom is 0.0602 e.